The largest absolute Gasteiger partial charge is 0.372 e. The maximum atomic E-state index is 11.4. The summed E-state index contributed by atoms with van der Waals surface area (Å²) in [6.45, 7) is 2.42. The van der Waals surface area contributed by atoms with Crippen molar-refractivity contribution in [2.75, 3.05) is 18.5 Å². The Hall–Kier alpha value is -2.28. The Bertz CT molecular complexity index is 495. The Morgan fingerprint density at radius 3 is 2.78 bits per heavy atom. The van der Waals surface area contributed by atoms with E-state index in [9.17, 15) is 4.79 Å². The van der Waals surface area contributed by atoms with E-state index in [-0.39, 0.29) is 12.5 Å². The third-order valence-electron chi connectivity index (χ3n) is 2.20. The summed E-state index contributed by atoms with van der Waals surface area (Å²) in [5.74, 6) is -0.174. The fraction of sp³-hybridized carbons (Fsp3) is 0.273. The molecule has 18 heavy (non-hydrogen) atoms. The van der Waals surface area contributed by atoms with Crippen LogP contribution < -0.4 is 5.32 Å². The second-order valence-electron chi connectivity index (χ2n) is 3.49. The Morgan fingerprint density at radius 1 is 1.39 bits per heavy atom. The van der Waals surface area contributed by atoms with Crippen LogP contribution in [-0.2, 0) is 9.53 Å². The Balaban J connectivity index is 1.98. The molecule has 0 atom stereocenters. The molecule has 7 heteroatoms. The number of nitrogens with one attached hydrogen (secondary N) is 1. The van der Waals surface area contributed by atoms with Crippen molar-refractivity contribution in [1.29, 1.82) is 0 Å². The van der Waals surface area contributed by atoms with Crippen molar-refractivity contribution in [1.82, 2.24) is 20.2 Å². The predicted molar refractivity (Wildman–Crippen MR) is 64.3 cm³/mol. The van der Waals surface area contributed by atoms with Gasteiger partial charge in [-0.25, -0.2) is 4.68 Å². The first kappa shape index (κ1) is 12.2. The number of anilines is 1. The molecule has 0 aliphatic heterocycles. The van der Waals surface area contributed by atoms with E-state index >= 15 is 0 Å². The molecule has 0 spiro atoms. The van der Waals surface area contributed by atoms with E-state index in [1.54, 1.807) is 12.1 Å². The molecule has 1 aromatic carbocycles. The van der Waals surface area contributed by atoms with Gasteiger partial charge >= 0.3 is 0 Å². The van der Waals surface area contributed by atoms with Crippen LogP contribution >= 0.6 is 0 Å². The molecule has 0 saturated heterocycles. The van der Waals surface area contributed by atoms with Gasteiger partial charge in [0.1, 0.15) is 12.9 Å². The molecular weight excluding hydrogens is 234 g/mol. The number of tetrazole rings is 1. The van der Waals surface area contributed by atoms with Gasteiger partial charge in [0.25, 0.3) is 0 Å². The van der Waals surface area contributed by atoms with E-state index in [1.807, 2.05) is 19.1 Å². The SMILES string of the molecule is CCOCC(=O)Nc1ccc(-n2cnnn2)cc1. The first-order chi connectivity index (χ1) is 8.79. The third kappa shape index (κ3) is 3.11. The van der Waals surface area contributed by atoms with Crippen molar-refractivity contribution in [3.8, 4) is 5.69 Å². The standard InChI is InChI=1S/C11H13N5O2/c1-2-18-7-11(17)13-9-3-5-10(6-4-9)16-8-12-14-15-16/h3-6,8H,2,7H2,1H3,(H,13,17). The average molecular weight is 247 g/mol. The average Bonchev–Trinajstić information content (AvgIpc) is 2.91. The minimum Gasteiger partial charge on any atom is -0.372 e. The summed E-state index contributed by atoms with van der Waals surface area (Å²) in [6, 6.07) is 7.18. The summed E-state index contributed by atoms with van der Waals surface area (Å²) < 4.78 is 6.54. The highest BCUT2D eigenvalue weighted by Crippen LogP contribution is 2.11. The number of carbonyl (C=O) groups excluding carboxylic acids is 1. The summed E-state index contributed by atoms with van der Waals surface area (Å²) in [4.78, 5) is 11.4. The van der Waals surface area contributed by atoms with Gasteiger partial charge in [-0.1, -0.05) is 0 Å². The quantitative estimate of drug-likeness (QED) is 0.838. The lowest BCUT2D eigenvalue weighted by Crippen LogP contribution is -2.18. The van der Waals surface area contributed by atoms with Gasteiger partial charge in [-0.2, -0.15) is 0 Å². The molecule has 0 bridgehead atoms. The number of hydrogen-bond donors (Lipinski definition) is 1. The van der Waals surface area contributed by atoms with Crippen molar-refractivity contribution >= 4 is 11.6 Å². The molecule has 1 heterocycles. The summed E-state index contributed by atoms with van der Waals surface area (Å²) in [7, 11) is 0. The van der Waals surface area contributed by atoms with Gasteiger partial charge in [0.15, 0.2) is 0 Å². The van der Waals surface area contributed by atoms with Gasteiger partial charge < -0.3 is 10.1 Å². The van der Waals surface area contributed by atoms with Crippen LogP contribution in [0.5, 0.6) is 0 Å². The Labute approximate surface area is 104 Å². The molecule has 0 unspecified atom stereocenters. The predicted octanol–water partition coefficient (Wildman–Crippen LogP) is 0.637. The number of nitrogens with zero attached hydrogens (tertiary/aromatic N) is 4. The fourth-order valence-corrected chi connectivity index (χ4v) is 1.37. The molecule has 0 saturated carbocycles. The van der Waals surface area contributed by atoms with Crippen LogP contribution in [0, 0.1) is 0 Å². The van der Waals surface area contributed by atoms with Crippen molar-refractivity contribution in [3.05, 3.63) is 30.6 Å². The number of aromatic nitrogens is 4. The van der Waals surface area contributed by atoms with E-state index in [2.05, 4.69) is 20.8 Å². The lowest BCUT2D eigenvalue weighted by atomic mass is 10.3. The topological polar surface area (TPSA) is 81.9 Å². The zero-order valence-corrected chi connectivity index (χ0v) is 9.91. The van der Waals surface area contributed by atoms with Gasteiger partial charge in [0.2, 0.25) is 5.91 Å². The first-order valence-corrected chi connectivity index (χ1v) is 5.50. The molecule has 1 amide bonds. The van der Waals surface area contributed by atoms with Crippen LogP contribution in [0.15, 0.2) is 30.6 Å². The number of amides is 1. The van der Waals surface area contributed by atoms with E-state index in [1.165, 1.54) is 11.0 Å². The Kier molecular flexibility index (Phi) is 3.98. The van der Waals surface area contributed by atoms with Gasteiger partial charge in [-0.15, -0.1) is 5.10 Å². The summed E-state index contributed by atoms with van der Waals surface area (Å²) in [5.41, 5.74) is 1.53. The number of ether oxygens (including phenoxy) is 1. The Morgan fingerprint density at radius 2 is 2.17 bits per heavy atom. The minimum atomic E-state index is -0.174. The van der Waals surface area contributed by atoms with E-state index < -0.39 is 0 Å². The molecule has 0 fully saturated rings. The molecule has 2 rings (SSSR count). The highest BCUT2D eigenvalue weighted by atomic mass is 16.5. The van der Waals surface area contributed by atoms with E-state index in [4.69, 9.17) is 4.74 Å². The fourth-order valence-electron chi connectivity index (χ4n) is 1.37. The van der Waals surface area contributed by atoms with Gasteiger partial charge in [-0.05, 0) is 41.6 Å². The molecule has 1 N–H and O–H groups in total. The van der Waals surface area contributed by atoms with Crippen molar-refractivity contribution in [2.45, 2.75) is 6.92 Å². The molecule has 1 aromatic heterocycles. The van der Waals surface area contributed by atoms with Crippen LogP contribution in [0.25, 0.3) is 5.69 Å². The number of benzene rings is 1. The zero-order chi connectivity index (χ0) is 12.8. The monoisotopic (exact) mass is 247 g/mol. The van der Waals surface area contributed by atoms with Crippen molar-refractivity contribution < 1.29 is 9.53 Å². The smallest absolute Gasteiger partial charge is 0.250 e. The van der Waals surface area contributed by atoms with Gasteiger partial charge in [-0.3, -0.25) is 4.79 Å². The van der Waals surface area contributed by atoms with Gasteiger partial charge in [0.05, 0.1) is 5.69 Å². The molecule has 94 valence electrons. The lowest BCUT2D eigenvalue weighted by Gasteiger charge is -2.06. The van der Waals surface area contributed by atoms with Crippen LogP contribution in [0.1, 0.15) is 6.92 Å². The van der Waals surface area contributed by atoms with E-state index in [0.29, 0.717) is 12.3 Å². The number of rotatable bonds is 5. The molecule has 0 aliphatic carbocycles. The molecular formula is C11H13N5O2. The zero-order valence-electron chi connectivity index (χ0n) is 9.91. The van der Waals surface area contributed by atoms with Crippen molar-refractivity contribution in [2.24, 2.45) is 0 Å². The molecule has 0 radical (unpaired) electrons. The maximum Gasteiger partial charge on any atom is 0.250 e. The molecule has 2 aromatic rings. The minimum absolute atomic E-state index is 0.0608. The number of carbonyl (C=O) groups is 1. The van der Waals surface area contributed by atoms with Crippen LogP contribution in [0.4, 0.5) is 5.69 Å². The van der Waals surface area contributed by atoms with Crippen LogP contribution in [-0.4, -0.2) is 39.3 Å². The summed E-state index contributed by atoms with van der Waals surface area (Å²) >= 11 is 0. The highest BCUT2D eigenvalue weighted by Gasteiger charge is 2.02. The van der Waals surface area contributed by atoms with Crippen molar-refractivity contribution in [3.63, 3.8) is 0 Å². The molecule has 0 aliphatic rings. The van der Waals surface area contributed by atoms with Crippen LogP contribution in [0.2, 0.25) is 0 Å². The maximum absolute atomic E-state index is 11.4. The first-order valence-electron chi connectivity index (χ1n) is 5.50. The van der Waals surface area contributed by atoms with E-state index in [0.717, 1.165) is 5.69 Å². The van der Waals surface area contributed by atoms with Gasteiger partial charge in [0, 0.05) is 12.3 Å². The normalized spacial score (nSPS) is 10.3. The number of hydrogen-bond acceptors (Lipinski definition) is 5. The summed E-state index contributed by atoms with van der Waals surface area (Å²) in [6.07, 6.45) is 1.50. The second kappa shape index (κ2) is 5.87. The third-order valence-corrected chi connectivity index (χ3v) is 2.20. The lowest BCUT2D eigenvalue weighted by molar-refractivity contribution is -0.120. The van der Waals surface area contributed by atoms with Crippen LogP contribution in [0.3, 0.4) is 0 Å². The highest BCUT2D eigenvalue weighted by molar-refractivity contribution is 5.91. The summed E-state index contributed by atoms with van der Waals surface area (Å²) in [5, 5.41) is 13.6. The second-order valence-corrected chi connectivity index (χ2v) is 3.49. The molecule has 7 nitrogen and oxygen atoms in total.